The molecule has 3 heterocycles. The van der Waals surface area contributed by atoms with Crippen LogP contribution in [0, 0.1) is 0 Å². The average Bonchev–Trinajstić information content (AvgIpc) is 3.27. The van der Waals surface area contributed by atoms with Crippen LogP contribution in [0.5, 0.6) is 11.5 Å². The minimum atomic E-state index is 0.169. The van der Waals surface area contributed by atoms with Crippen molar-refractivity contribution < 1.29 is 14.3 Å². The lowest BCUT2D eigenvalue weighted by Gasteiger charge is -2.27. The second kappa shape index (κ2) is 11.3. The molecule has 0 saturated heterocycles. The molecule has 1 amide bonds. The third-order valence-corrected chi connectivity index (χ3v) is 6.41. The van der Waals surface area contributed by atoms with Crippen molar-refractivity contribution >= 4 is 28.8 Å². The molecule has 0 fully saturated rings. The summed E-state index contributed by atoms with van der Waals surface area (Å²) >= 11 is 0. The van der Waals surface area contributed by atoms with Crippen molar-refractivity contribution in [3.63, 3.8) is 0 Å². The molecule has 1 aromatic carbocycles. The number of carbonyl (C=O) groups is 1. The molecule has 0 aliphatic carbocycles. The number of benzene rings is 1. The van der Waals surface area contributed by atoms with Crippen LogP contribution in [0.3, 0.4) is 0 Å². The van der Waals surface area contributed by atoms with E-state index in [1.807, 2.05) is 29.3 Å². The summed E-state index contributed by atoms with van der Waals surface area (Å²) in [4.78, 5) is 26.1. The van der Waals surface area contributed by atoms with E-state index in [1.165, 1.54) is 0 Å². The molecule has 0 atom stereocenters. The summed E-state index contributed by atoms with van der Waals surface area (Å²) in [5, 5.41) is 6.76. The largest absolute Gasteiger partial charge is 0.493 e. The maximum Gasteiger partial charge on any atom is 0.222 e. The lowest BCUT2D eigenvalue weighted by atomic mass is 10.1. The van der Waals surface area contributed by atoms with E-state index in [-0.39, 0.29) is 11.9 Å². The predicted molar refractivity (Wildman–Crippen MR) is 139 cm³/mol. The van der Waals surface area contributed by atoms with E-state index in [9.17, 15) is 4.79 Å². The van der Waals surface area contributed by atoms with Crippen LogP contribution in [0.25, 0.3) is 5.57 Å². The second-order valence-corrected chi connectivity index (χ2v) is 9.22. The highest BCUT2D eigenvalue weighted by Gasteiger charge is 2.24. The van der Waals surface area contributed by atoms with Gasteiger partial charge in [-0.25, -0.2) is 9.97 Å². The normalized spacial score (nSPS) is 18.8. The number of anilines is 3. The number of nitrogens with one attached hydrogen (secondary N) is 2. The zero-order valence-electron chi connectivity index (χ0n) is 21.1. The van der Waals surface area contributed by atoms with Crippen molar-refractivity contribution in [2.45, 2.75) is 45.6 Å². The van der Waals surface area contributed by atoms with Gasteiger partial charge in [0.15, 0.2) is 11.5 Å². The van der Waals surface area contributed by atoms with Gasteiger partial charge in [-0.2, -0.15) is 0 Å². The topological polar surface area (TPSA) is 91.9 Å². The first kappa shape index (κ1) is 24.6. The zero-order chi connectivity index (χ0) is 24.8. The summed E-state index contributed by atoms with van der Waals surface area (Å²) in [6.45, 7) is 6.86. The number of nitrogens with zero attached hydrogens (tertiary/aromatic N) is 4. The van der Waals surface area contributed by atoms with E-state index in [0.29, 0.717) is 37.5 Å². The fraction of sp³-hybridized carbons (Fsp3) is 0.500. The first-order chi connectivity index (χ1) is 17.0. The van der Waals surface area contributed by atoms with Crippen LogP contribution < -0.4 is 25.0 Å². The number of aromatic nitrogens is 2. The first-order valence-corrected chi connectivity index (χ1v) is 12.3. The fourth-order valence-electron chi connectivity index (χ4n) is 4.49. The van der Waals surface area contributed by atoms with E-state index < -0.39 is 0 Å². The van der Waals surface area contributed by atoms with Crippen LogP contribution in [-0.2, 0) is 4.79 Å². The lowest BCUT2D eigenvalue weighted by Crippen LogP contribution is -2.38. The van der Waals surface area contributed by atoms with Gasteiger partial charge in [-0.05, 0) is 45.2 Å². The average molecular weight is 481 g/mol. The Morgan fingerprint density at radius 2 is 1.97 bits per heavy atom. The van der Waals surface area contributed by atoms with E-state index in [0.717, 1.165) is 54.4 Å². The minimum absolute atomic E-state index is 0.169. The first-order valence-electron chi connectivity index (χ1n) is 12.3. The smallest absolute Gasteiger partial charge is 0.222 e. The molecule has 9 heteroatoms. The molecule has 0 saturated carbocycles. The molecule has 2 aromatic rings. The quantitative estimate of drug-likeness (QED) is 0.667. The number of amides is 1. The van der Waals surface area contributed by atoms with Crippen molar-refractivity contribution in [2.24, 2.45) is 0 Å². The van der Waals surface area contributed by atoms with E-state index in [2.05, 4.69) is 46.4 Å². The summed E-state index contributed by atoms with van der Waals surface area (Å²) in [6.07, 6.45) is 6.62. The van der Waals surface area contributed by atoms with Gasteiger partial charge < -0.3 is 29.9 Å². The number of hydrogen-bond donors (Lipinski definition) is 2. The Balaban J connectivity index is 1.63. The van der Waals surface area contributed by atoms with E-state index in [4.69, 9.17) is 9.47 Å². The van der Waals surface area contributed by atoms with Gasteiger partial charge >= 0.3 is 0 Å². The molecule has 4 rings (SSSR count). The van der Waals surface area contributed by atoms with Gasteiger partial charge in [-0.15, -0.1) is 0 Å². The monoisotopic (exact) mass is 480 g/mol. The van der Waals surface area contributed by atoms with Gasteiger partial charge in [0.05, 0.1) is 19.3 Å². The Bertz CT molecular complexity index is 1070. The van der Waals surface area contributed by atoms with Crippen LogP contribution in [0.2, 0.25) is 0 Å². The number of carbonyl (C=O) groups excluding carboxylic acids is 1. The number of hydrogen-bond acceptors (Lipinski definition) is 8. The Morgan fingerprint density at radius 1 is 1.14 bits per heavy atom. The predicted octanol–water partition coefficient (Wildman–Crippen LogP) is 3.99. The van der Waals surface area contributed by atoms with Gasteiger partial charge in [-0.3, -0.25) is 4.79 Å². The molecule has 188 valence electrons. The van der Waals surface area contributed by atoms with Crippen LogP contribution in [0.4, 0.5) is 17.3 Å². The lowest BCUT2D eigenvalue weighted by molar-refractivity contribution is -0.133. The van der Waals surface area contributed by atoms with Gasteiger partial charge in [0.25, 0.3) is 0 Å². The summed E-state index contributed by atoms with van der Waals surface area (Å²) in [5.41, 5.74) is 2.99. The van der Waals surface area contributed by atoms with E-state index >= 15 is 0 Å². The highest BCUT2D eigenvalue weighted by atomic mass is 16.5. The molecule has 35 heavy (non-hydrogen) atoms. The number of rotatable bonds is 2. The summed E-state index contributed by atoms with van der Waals surface area (Å²) < 4.78 is 11.5. The second-order valence-electron chi connectivity index (χ2n) is 9.22. The summed E-state index contributed by atoms with van der Waals surface area (Å²) in [6, 6.07) is 5.92. The molecular weight excluding hydrogens is 444 g/mol. The molecule has 1 aromatic heterocycles. The van der Waals surface area contributed by atoms with Crippen LogP contribution in [0.15, 0.2) is 30.7 Å². The standard InChI is InChI=1S/C26H36N6O3/c1-18(2)32-12-6-5-11-31(3)26-24-19(16-28-25(24)29-17-30-26)15-27-20-9-10-21(34-4)22(14-20)35-13-7-8-23(32)33/h9-10,14-15,17-18,27H,5-8,11-13,16H2,1-4H3,(H,28,29,30)/b19-15+. The van der Waals surface area contributed by atoms with Gasteiger partial charge in [0.1, 0.15) is 18.0 Å². The molecule has 0 spiro atoms. The number of fused-ring (bicyclic) bond motifs is 2. The molecule has 2 bridgehead atoms. The molecular formula is C26H36N6O3. The molecule has 2 aliphatic heterocycles. The van der Waals surface area contributed by atoms with Crippen molar-refractivity contribution in [3.8, 4) is 11.5 Å². The Hall–Kier alpha value is -3.49. The zero-order valence-corrected chi connectivity index (χ0v) is 21.1. The van der Waals surface area contributed by atoms with Crippen LogP contribution in [0.1, 0.15) is 45.1 Å². The molecule has 9 nitrogen and oxygen atoms in total. The van der Waals surface area contributed by atoms with Crippen molar-refractivity contribution in [1.82, 2.24) is 14.9 Å². The maximum absolute atomic E-state index is 12.9. The van der Waals surface area contributed by atoms with Crippen LogP contribution >= 0.6 is 0 Å². The number of methoxy groups -OCH3 is 1. The molecule has 2 aliphatic rings. The van der Waals surface area contributed by atoms with Gasteiger partial charge in [0.2, 0.25) is 5.91 Å². The summed E-state index contributed by atoms with van der Waals surface area (Å²) in [7, 11) is 3.69. The highest BCUT2D eigenvalue weighted by molar-refractivity contribution is 5.89. The van der Waals surface area contributed by atoms with Crippen molar-refractivity contribution in [1.29, 1.82) is 0 Å². The molecule has 0 unspecified atom stereocenters. The SMILES string of the molecule is COc1ccc2cc1OCCCC(=O)N(C(C)C)CCCCN(C)c1ncnc3c1/C(=C/N2)CN3. The van der Waals surface area contributed by atoms with Gasteiger partial charge in [0, 0.05) is 62.7 Å². The summed E-state index contributed by atoms with van der Waals surface area (Å²) in [5.74, 6) is 3.23. The van der Waals surface area contributed by atoms with Crippen LogP contribution in [-0.4, -0.2) is 67.2 Å². The Kier molecular flexibility index (Phi) is 7.94. The van der Waals surface area contributed by atoms with Gasteiger partial charge in [-0.1, -0.05) is 0 Å². The minimum Gasteiger partial charge on any atom is -0.493 e. The third-order valence-electron chi connectivity index (χ3n) is 6.41. The maximum atomic E-state index is 12.9. The Labute approximate surface area is 207 Å². The van der Waals surface area contributed by atoms with Crippen molar-refractivity contribution in [3.05, 3.63) is 36.3 Å². The van der Waals surface area contributed by atoms with E-state index in [1.54, 1.807) is 13.4 Å². The fourth-order valence-corrected chi connectivity index (χ4v) is 4.49. The highest BCUT2D eigenvalue weighted by Crippen LogP contribution is 2.36. The van der Waals surface area contributed by atoms with Crippen molar-refractivity contribution in [2.75, 3.05) is 55.9 Å². The third kappa shape index (κ3) is 5.78. The Morgan fingerprint density at radius 3 is 2.77 bits per heavy atom. The number of ether oxygens (including phenoxy) is 2. The molecule has 0 radical (unpaired) electrons. The molecule has 2 N–H and O–H groups in total.